The van der Waals surface area contributed by atoms with E-state index in [2.05, 4.69) is 4.98 Å². The van der Waals surface area contributed by atoms with Crippen LogP contribution in [-0.2, 0) is 10.2 Å². The second-order valence-corrected chi connectivity index (χ2v) is 5.00. The zero-order chi connectivity index (χ0) is 13.0. The van der Waals surface area contributed by atoms with Crippen LogP contribution in [0.15, 0.2) is 54.9 Å². The summed E-state index contributed by atoms with van der Waals surface area (Å²) in [5, 5.41) is 0.139. The molecule has 0 amide bonds. The van der Waals surface area contributed by atoms with Gasteiger partial charge in [0.05, 0.1) is 5.41 Å². The van der Waals surface area contributed by atoms with Crippen LogP contribution in [0.4, 0.5) is 0 Å². The van der Waals surface area contributed by atoms with E-state index in [-0.39, 0.29) is 5.12 Å². The van der Waals surface area contributed by atoms with E-state index in [9.17, 15) is 4.79 Å². The van der Waals surface area contributed by atoms with Crippen molar-refractivity contribution in [3.8, 4) is 0 Å². The summed E-state index contributed by atoms with van der Waals surface area (Å²) in [7, 11) is 0. The Balaban J connectivity index is 2.59. The predicted molar refractivity (Wildman–Crippen MR) is 75.7 cm³/mol. The SMILES string of the molecule is CSC(=O)C(C)(c1ccccc1)c1ccncc1. The van der Waals surface area contributed by atoms with Gasteiger partial charge in [0, 0.05) is 12.4 Å². The average molecular weight is 257 g/mol. The van der Waals surface area contributed by atoms with E-state index in [0.29, 0.717) is 0 Å². The maximum atomic E-state index is 12.4. The third kappa shape index (κ3) is 2.18. The standard InChI is InChI=1S/C15H15NOS/c1-15(14(17)18-2,12-6-4-3-5-7-12)13-8-10-16-11-9-13/h3-11H,1-2H3. The topological polar surface area (TPSA) is 30.0 Å². The van der Waals surface area contributed by atoms with Gasteiger partial charge in [-0.3, -0.25) is 9.78 Å². The van der Waals surface area contributed by atoms with Gasteiger partial charge < -0.3 is 0 Å². The molecule has 2 rings (SSSR count). The molecular weight excluding hydrogens is 242 g/mol. The Labute approximate surface area is 111 Å². The second kappa shape index (κ2) is 5.36. The Hall–Kier alpha value is -1.61. The minimum Gasteiger partial charge on any atom is -0.286 e. The largest absolute Gasteiger partial charge is 0.286 e. The summed E-state index contributed by atoms with van der Waals surface area (Å²) in [6.07, 6.45) is 5.28. The van der Waals surface area contributed by atoms with Crippen molar-refractivity contribution in [1.82, 2.24) is 4.98 Å². The number of carbonyl (C=O) groups is 1. The highest BCUT2D eigenvalue weighted by atomic mass is 32.2. The van der Waals surface area contributed by atoms with Crippen molar-refractivity contribution >= 4 is 16.9 Å². The maximum Gasteiger partial charge on any atom is 0.203 e. The van der Waals surface area contributed by atoms with Crippen LogP contribution in [0.2, 0.25) is 0 Å². The van der Waals surface area contributed by atoms with Gasteiger partial charge >= 0.3 is 0 Å². The van der Waals surface area contributed by atoms with E-state index >= 15 is 0 Å². The highest BCUT2D eigenvalue weighted by Gasteiger charge is 2.36. The monoisotopic (exact) mass is 257 g/mol. The van der Waals surface area contributed by atoms with Crippen LogP contribution < -0.4 is 0 Å². The lowest BCUT2D eigenvalue weighted by molar-refractivity contribution is -0.114. The van der Waals surface area contributed by atoms with Crippen molar-refractivity contribution in [3.63, 3.8) is 0 Å². The molecule has 1 aromatic carbocycles. The molecule has 1 unspecified atom stereocenters. The summed E-state index contributed by atoms with van der Waals surface area (Å²) >= 11 is 1.26. The van der Waals surface area contributed by atoms with E-state index in [1.165, 1.54) is 11.8 Å². The van der Waals surface area contributed by atoms with Crippen molar-refractivity contribution in [2.24, 2.45) is 0 Å². The summed E-state index contributed by atoms with van der Waals surface area (Å²) in [4.78, 5) is 16.4. The maximum absolute atomic E-state index is 12.4. The number of rotatable bonds is 3. The Bertz CT molecular complexity index is 485. The van der Waals surface area contributed by atoms with Crippen molar-refractivity contribution in [3.05, 3.63) is 66.0 Å². The van der Waals surface area contributed by atoms with Gasteiger partial charge in [-0.1, -0.05) is 42.1 Å². The predicted octanol–water partition coefficient (Wildman–Crippen LogP) is 3.28. The van der Waals surface area contributed by atoms with Gasteiger partial charge in [-0.15, -0.1) is 0 Å². The molecule has 3 heteroatoms. The van der Waals surface area contributed by atoms with Crippen LogP contribution >= 0.6 is 11.8 Å². The average Bonchev–Trinajstić information content (AvgIpc) is 2.47. The quantitative estimate of drug-likeness (QED) is 0.845. The number of nitrogens with zero attached hydrogens (tertiary/aromatic N) is 1. The molecule has 1 aromatic heterocycles. The lowest BCUT2D eigenvalue weighted by Crippen LogP contribution is -2.31. The molecule has 0 saturated carbocycles. The van der Waals surface area contributed by atoms with Crippen LogP contribution in [0, 0.1) is 0 Å². The van der Waals surface area contributed by atoms with Crippen LogP contribution in [0.25, 0.3) is 0 Å². The van der Waals surface area contributed by atoms with E-state index in [4.69, 9.17) is 0 Å². The van der Waals surface area contributed by atoms with E-state index in [0.717, 1.165) is 11.1 Å². The van der Waals surface area contributed by atoms with E-state index < -0.39 is 5.41 Å². The molecule has 1 heterocycles. The Morgan fingerprint density at radius 2 is 1.61 bits per heavy atom. The first-order valence-electron chi connectivity index (χ1n) is 5.74. The molecule has 1 atom stereocenters. The lowest BCUT2D eigenvalue weighted by Gasteiger charge is -2.28. The normalized spacial score (nSPS) is 13.9. The van der Waals surface area contributed by atoms with Crippen LogP contribution in [0.1, 0.15) is 18.1 Å². The molecule has 0 saturated heterocycles. The highest BCUT2D eigenvalue weighted by Crippen LogP contribution is 2.35. The number of hydrogen-bond acceptors (Lipinski definition) is 3. The molecule has 0 aliphatic carbocycles. The van der Waals surface area contributed by atoms with Gasteiger partial charge in [0.1, 0.15) is 0 Å². The van der Waals surface area contributed by atoms with Gasteiger partial charge in [-0.2, -0.15) is 0 Å². The molecule has 0 N–H and O–H groups in total. The summed E-state index contributed by atoms with van der Waals surface area (Å²) in [6.45, 7) is 1.97. The Morgan fingerprint density at radius 1 is 1.06 bits per heavy atom. The number of aromatic nitrogens is 1. The Morgan fingerprint density at radius 3 is 2.17 bits per heavy atom. The number of carbonyl (C=O) groups excluding carboxylic acids is 1. The van der Waals surface area contributed by atoms with Crippen molar-refractivity contribution in [2.45, 2.75) is 12.3 Å². The van der Waals surface area contributed by atoms with E-state index in [1.807, 2.05) is 55.6 Å². The highest BCUT2D eigenvalue weighted by molar-refractivity contribution is 8.13. The van der Waals surface area contributed by atoms with Gasteiger partial charge in [-0.25, -0.2) is 0 Å². The molecule has 0 radical (unpaired) electrons. The van der Waals surface area contributed by atoms with Crippen molar-refractivity contribution in [1.29, 1.82) is 0 Å². The fourth-order valence-corrected chi connectivity index (χ4v) is 2.71. The molecule has 92 valence electrons. The van der Waals surface area contributed by atoms with Gasteiger partial charge in [-0.05, 0) is 36.4 Å². The zero-order valence-electron chi connectivity index (χ0n) is 10.5. The third-order valence-electron chi connectivity index (χ3n) is 3.20. The van der Waals surface area contributed by atoms with E-state index in [1.54, 1.807) is 12.4 Å². The smallest absolute Gasteiger partial charge is 0.203 e. The number of benzene rings is 1. The number of pyridine rings is 1. The van der Waals surface area contributed by atoms with Crippen LogP contribution in [0.3, 0.4) is 0 Å². The fourth-order valence-electron chi connectivity index (χ4n) is 2.06. The lowest BCUT2D eigenvalue weighted by atomic mass is 9.78. The third-order valence-corrected chi connectivity index (χ3v) is 3.98. The zero-order valence-corrected chi connectivity index (χ0v) is 11.3. The van der Waals surface area contributed by atoms with Crippen LogP contribution in [0.5, 0.6) is 0 Å². The summed E-state index contributed by atoms with van der Waals surface area (Å²) in [6, 6.07) is 13.7. The van der Waals surface area contributed by atoms with Gasteiger partial charge in [0.15, 0.2) is 0 Å². The minimum absolute atomic E-state index is 0.139. The number of thioether (sulfide) groups is 1. The first-order valence-corrected chi connectivity index (χ1v) is 6.96. The first kappa shape index (κ1) is 12.8. The molecule has 2 nitrogen and oxygen atoms in total. The fraction of sp³-hybridized carbons (Fsp3) is 0.200. The van der Waals surface area contributed by atoms with Crippen molar-refractivity contribution in [2.75, 3.05) is 6.26 Å². The Kier molecular flexibility index (Phi) is 3.82. The molecule has 0 fully saturated rings. The second-order valence-electron chi connectivity index (χ2n) is 4.22. The first-order chi connectivity index (χ1) is 8.69. The number of hydrogen-bond donors (Lipinski definition) is 0. The molecule has 18 heavy (non-hydrogen) atoms. The molecule has 0 aliphatic rings. The summed E-state index contributed by atoms with van der Waals surface area (Å²) < 4.78 is 0. The summed E-state index contributed by atoms with van der Waals surface area (Å²) in [5.74, 6) is 0. The minimum atomic E-state index is -0.621. The summed E-state index contributed by atoms with van der Waals surface area (Å²) in [5.41, 5.74) is 1.36. The molecular formula is C15H15NOS. The van der Waals surface area contributed by atoms with Gasteiger partial charge in [0.2, 0.25) is 5.12 Å². The van der Waals surface area contributed by atoms with Crippen molar-refractivity contribution < 1.29 is 4.79 Å². The molecule has 0 bridgehead atoms. The molecule has 0 aliphatic heterocycles. The molecule has 0 spiro atoms. The molecule has 2 aromatic rings. The van der Waals surface area contributed by atoms with Gasteiger partial charge in [0.25, 0.3) is 0 Å². The van der Waals surface area contributed by atoms with Crippen LogP contribution in [-0.4, -0.2) is 16.4 Å².